The van der Waals surface area contributed by atoms with E-state index >= 15 is 0 Å². The van der Waals surface area contributed by atoms with Gasteiger partial charge in [-0.05, 0) is 6.07 Å². The van der Waals surface area contributed by atoms with Gasteiger partial charge in [-0.3, -0.25) is 5.21 Å². The smallest absolute Gasteiger partial charge is 0.247 e. The van der Waals surface area contributed by atoms with E-state index in [1.54, 1.807) is 12.3 Å². The van der Waals surface area contributed by atoms with Gasteiger partial charge in [-0.25, -0.2) is 15.4 Å². The summed E-state index contributed by atoms with van der Waals surface area (Å²) in [6.07, 6.45) is 1.59. The van der Waals surface area contributed by atoms with Crippen molar-refractivity contribution in [3.8, 4) is 11.3 Å². The van der Waals surface area contributed by atoms with Crippen molar-refractivity contribution < 1.29 is 5.21 Å². The van der Waals surface area contributed by atoms with Gasteiger partial charge in [0, 0.05) is 11.8 Å². The lowest BCUT2D eigenvalue weighted by atomic mass is 10.1. The zero-order chi connectivity index (χ0) is 9.80. The molecule has 0 saturated heterocycles. The van der Waals surface area contributed by atoms with Gasteiger partial charge in [-0.2, -0.15) is 0 Å². The molecule has 2 N–H and O–H groups in total. The number of nitrogens with zero attached hydrogens (tertiary/aromatic N) is 2. The van der Waals surface area contributed by atoms with Crippen molar-refractivity contribution in [1.82, 2.24) is 9.97 Å². The van der Waals surface area contributed by atoms with Gasteiger partial charge in [-0.1, -0.05) is 30.3 Å². The molecule has 1 aromatic heterocycles. The maximum Gasteiger partial charge on any atom is 0.247 e. The number of rotatable bonds is 2. The predicted molar refractivity (Wildman–Crippen MR) is 52.9 cm³/mol. The highest BCUT2D eigenvalue weighted by atomic mass is 16.5. The first-order valence-electron chi connectivity index (χ1n) is 4.19. The summed E-state index contributed by atoms with van der Waals surface area (Å²) in [5.41, 5.74) is 3.68. The molecule has 70 valence electrons. The molecule has 14 heavy (non-hydrogen) atoms. The highest BCUT2D eigenvalue weighted by molar-refractivity contribution is 5.59. The van der Waals surface area contributed by atoms with Crippen LogP contribution in [-0.2, 0) is 0 Å². The molecule has 2 rings (SSSR count). The molecular weight excluding hydrogens is 178 g/mol. The fourth-order valence-corrected chi connectivity index (χ4v) is 1.18. The molecule has 1 aromatic carbocycles. The molecule has 0 aliphatic heterocycles. The minimum absolute atomic E-state index is 0.200. The van der Waals surface area contributed by atoms with E-state index in [0.29, 0.717) is 0 Å². The van der Waals surface area contributed by atoms with E-state index in [9.17, 15) is 0 Å². The Bertz CT molecular complexity index is 417. The van der Waals surface area contributed by atoms with E-state index in [1.165, 1.54) is 0 Å². The third kappa shape index (κ3) is 1.70. The Kier molecular flexibility index (Phi) is 2.38. The van der Waals surface area contributed by atoms with Gasteiger partial charge in [0.15, 0.2) is 0 Å². The van der Waals surface area contributed by atoms with Crippen LogP contribution in [0.5, 0.6) is 0 Å². The molecule has 0 aliphatic carbocycles. The molecule has 0 unspecified atom stereocenters. The lowest BCUT2D eigenvalue weighted by Gasteiger charge is -2.01. The van der Waals surface area contributed by atoms with Crippen molar-refractivity contribution in [3.05, 3.63) is 42.6 Å². The molecule has 0 radical (unpaired) electrons. The zero-order valence-corrected chi connectivity index (χ0v) is 7.38. The van der Waals surface area contributed by atoms with Crippen molar-refractivity contribution in [2.75, 3.05) is 5.48 Å². The summed E-state index contributed by atoms with van der Waals surface area (Å²) < 4.78 is 0. The largest absolute Gasteiger partial charge is 0.288 e. The van der Waals surface area contributed by atoms with Crippen LogP contribution >= 0.6 is 0 Å². The average Bonchev–Trinajstić information content (AvgIpc) is 2.30. The summed E-state index contributed by atoms with van der Waals surface area (Å²) in [4.78, 5) is 7.90. The molecule has 4 heteroatoms. The van der Waals surface area contributed by atoms with E-state index in [1.807, 2.05) is 35.8 Å². The van der Waals surface area contributed by atoms with Gasteiger partial charge >= 0.3 is 0 Å². The van der Waals surface area contributed by atoms with Crippen molar-refractivity contribution >= 4 is 5.95 Å². The van der Waals surface area contributed by atoms with Crippen LogP contribution in [-0.4, -0.2) is 15.2 Å². The predicted octanol–water partition coefficient (Wildman–Crippen LogP) is 1.94. The summed E-state index contributed by atoms with van der Waals surface area (Å²) in [7, 11) is 0. The molecule has 0 spiro atoms. The van der Waals surface area contributed by atoms with Gasteiger partial charge in [-0.15, -0.1) is 0 Å². The molecule has 0 saturated carbocycles. The maximum atomic E-state index is 8.63. The summed E-state index contributed by atoms with van der Waals surface area (Å²) in [6, 6.07) is 11.5. The Morgan fingerprint density at radius 3 is 2.57 bits per heavy atom. The van der Waals surface area contributed by atoms with Crippen LogP contribution in [0.1, 0.15) is 0 Å². The molecule has 2 aromatic rings. The number of aromatic nitrogens is 2. The molecule has 4 nitrogen and oxygen atoms in total. The Hall–Kier alpha value is -1.94. The Labute approximate surface area is 81.2 Å². The molecular formula is C10H9N3O. The summed E-state index contributed by atoms with van der Waals surface area (Å²) in [5, 5.41) is 8.63. The van der Waals surface area contributed by atoms with Gasteiger partial charge in [0.1, 0.15) is 0 Å². The number of benzene rings is 1. The summed E-state index contributed by atoms with van der Waals surface area (Å²) >= 11 is 0. The molecule has 0 amide bonds. The molecule has 0 bridgehead atoms. The number of anilines is 1. The van der Waals surface area contributed by atoms with Crippen LogP contribution in [0.3, 0.4) is 0 Å². The second-order valence-corrected chi connectivity index (χ2v) is 2.74. The second-order valence-electron chi connectivity index (χ2n) is 2.74. The van der Waals surface area contributed by atoms with Crippen LogP contribution in [0.25, 0.3) is 11.3 Å². The normalized spacial score (nSPS) is 9.79. The number of nitrogens with one attached hydrogen (secondary N) is 1. The van der Waals surface area contributed by atoms with Gasteiger partial charge in [0.05, 0.1) is 5.69 Å². The third-order valence-electron chi connectivity index (χ3n) is 1.83. The Morgan fingerprint density at radius 2 is 1.86 bits per heavy atom. The molecule has 1 heterocycles. The molecule has 0 atom stereocenters. The zero-order valence-electron chi connectivity index (χ0n) is 7.38. The summed E-state index contributed by atoms with van der Waals surface area (Å²) in [6.45, 7) is 0. The number of hydrogen-bond donors (Lipinski definition) is 2. The van der Waals surface area contributed by atoms with Crippen molar-refractivity contribution in [3.63, 3.8) is 0 Å². The molecule has 0 fully saturated rings. The van der Waals surface area contributed by atoms with E-state index < -0.39 is 0 Å². The van der Waals surface area contributed by atoms with Crippen molar-refractivity contribution in [2.45, 2.75) is 0 Å². The Balaban J connectivity index is 2.42. The van der Waals surface area contributed by atoms with Crippen LogP contribution in [0.15, 0.2) is 42.6 Å². The van der Waals surface area contributed by atoms with Crippen LogP contribution < -0.4 is 5.48 Å². The van der Waals surface area contributed by atoms with Crippen LogP contribution in [0.2, 0.25) is 0 Å². The fourth-order valence-electron chi connectivity index (χ4n) is 1.18. The SMILES string of the molecule is ONc1nccc(-c2ccccc2)n1. The first-order valence-corrected chi connectivity index (χ1v) is 4.19. The lowest BCUT2D eigenvalue weighted by molar-refractivity contribution is 0.382. The first kappa shape index (κ1) is 8.65. The van der Waals surface area contributed by atoms with Crippen LogP contribution in [0, 0.1) is 0 Å². The average molecular weight is 187 g/mol. The van der Waals surface area contributed by atoms with Gasteiger partial charge in [0.2, 0.25) is 5.95 Å². The van der Waals surface area contributed by atoms with Gasteiger partial charge in [0.25, 0.3) is 0 Å². The van der Waals surface area contributed by atoms with Gasteiger partial charge < -0.3 is 0 Å². The lowest BCUT2D eigenvalue weighted by Crippen LogP contribution is -1.97. The standard InChI is InChI=1S/C10H9N3O/c14-13-10-11-7-6-9(12-10)8-4-2-1-3-5-8/h1-7,14H,(H,11,12,13). The van der Waals surface area contributed by atoms with E-state index in [2.05, 4.69) is 9.97 Å². The molecule has 0 aliphatic rings. The number of hydrogen-bond acceptors (Lipinski definition) is 4. The second kappa shape index (κ2) is 3.85. The highest BCUT2D eigenvalue weighted by Gasteiger charge is 1.99. The van der Waals surface area contributed by atoms with E-state index in [4.69, 9.17) is 5.21 Å². The fraction of sp³-hybridized carbons (Fsp3) is 0. The van der Waals surface area contributed by atoms with Crippen LogP contribution in [0.4, 0.5) is 5.95 Å². The van der Waals surface area contributed by atoms with Crippen molar-refractivity contribution in [1.29, 1.82) is 0 Å². The van der Waals surface area contributed by atoms with E-state index in [0.717, 1.165) is 11.3 Å². The van der Waals surface area contributed by atoms with Crippen molar-refractivity contribution in [2.24, 2.45) is 0 Å². The highest BCUT2D eigenvalue weighted by Crippen LogP contribution is 2.16. The quantitative estimate of drug-likeness (QED) is 0.705. The topological polar surface area (TPSA) is 58.0 Å². The maximum absolute atomic E-state index is 8.63. The minimum Gasteiger partial charge on any atom is -0.288 e. The monoisotopic (exact) mass is 187 g/mol. The summed E-state index contributed by atoms with van der Waals surface area (Å²) in [5.74, 6) is 0.200. The third-order valence-corrected chi connectivity index (χ3v) is 1.83. The first-order chi connectivity index (χ1) is 6.90. The minimum atomic E-state index is 0.200. The Morgan fingerprint density at radius 1 is 1.07 bits per heavy atom. The van der Waals surface area contributed by atoms with E-state index in [-0.39, 0.29) is 5.95 Å².